The van der Waals surface area contributed by atoms with E-state index < -0.39 is 34.5 Å². The average molecular weight is 302 g/mol. The number of nitrogens with two attached hydrogens (primary N) is 1. The number of carboxylic acids is 1. The molecule has 1 amide bonds. The number of primary amides is 1. The molecule has 0 saturated heterocycles. The van der Waals surface area contributed by atoms with Gasteiger partial charge in [0.2, 0.25) is 15.9 Å². The molecule has 0 aromatic heterocycles. The molecule has 0 radical (unpaired) electrons. The monoisotopic (exact) mass is 302 g/mol. The molecule has 1 unspecified atom stereocenters. The maximum atomic E-state index is 11.9. The third-order valence-corrected chi connectivity index (χ3v) is 3.97. The highest BCUT2D eigenvalue weighted by atomic mass is 32.2. The largest absolute Gasteiger partial charge is 0.478 e. The molecule has 1 aromatic carbocycles. The van der Waals surface area contributed by atoms with Crippen molar-refractivity contribution in [3.63, 3.8) is 0 Å². The molecule has 8 nitrogen and oxygen atoms in total. The maximum Gasteiger partial charge on any atom is 0.335 e. The summed E-state index contributed by atoms with van der Waals surface area (Å²) in [7, 11) is -4.04. The summed E-state index contributed by atoms with van der Waals surface area (Å²) in [5, 5.41) is 18.1. The zero-order valence-electron chi connectivity index (χ0n) is 10.5. The van der Waals surface area contributed by atoms with Crippen molar-refractivity contribution < 1.29 is 28.2 Å². The SMILES string of the molecule is Cc1ccc(S(=O)(=O)NCC(O)C(N)=O)cc1C(=O)O. The number of aliphatic hydroxyl groups is 1. The van der Waals surface area contributed by atoms with E-state index in [2.05, 4.69) is 0 Å². The summed E-state index contributed by atoms with van der Waals surface area (Å²) in [6.45, 7) is 0.943. The number of rotatable bonds is 6. The minimum Gasteiger partial charge on any atom is -0.478 e. The number of aryl methyl sites for hydroxylation is 1. The Bertz CT molecular complexity index is 640. The normalized spacial score (nSPS) is 12.9. The Morgan fingerprint density at radius 3 is 2.50 bits per heavy atom. The number of hydrogen-bond donors (Lipinski definition) is 4. The van der Waals surface area contributed by atoms with Gasteiger partial charge in [0, 0.05) is 6.54 Å². The third kappa shape index (κ3) is 3.76. The maximum absolute atomic E-state index is 11.9. The Morgan fingerprint density at radius 1 is 1.40 bits per heavy atom. The highest BCUT2D eigenvalue weighted by Crippen LogP contribution is 2.15. The molecule has 0 saturated carbocycles. The summed E-state index contributed by atoms with van der Waals surface area (Å²) in [5.74, 6) is -2.32. The van der Waals surface area contributed by atoms with Gasteiger partial charge >= 0.3 is 5.97 Å². The van der Waals surface area contributed by atoms with Crippen molar-refractivity contribution in [2.45, 2.75) is 17.9 Å². The number of aromatic carboxylic acids is 1. The highest BCUT2D eigenvalue weighted by Gasteiger charge is 2.20. The van der Waals surface area contributed by atoms with Crippen LogP contribution in [0.4, 0.5) is 0 Å². The summed E-state index contributed by atoms with van der Waals surface area (Å²) in [5.41, 5.74) is 5.05. The molecule has 1 aromatic rings. The first-order valence-electron chi connectivity index (χ1n) is 5.46. The van der Waals surface area contributed by atoms with Crippen molar-refractivity contribution in [2.24, 2.45) is 5.73 Å². The van der Waals surface area contributed by atoms with Crippen LogP contribution in [0.2, 0.25) is 0 Å². The Kier molecular flexibility index (Phi) is 4.82. The van der Waals surface area contributed by atoms with E-state index in [1.165, 1.54) is 19.1 Å². The lowest BCUT2D eigenvalue weighted by Gasteiger charge is -2.10. The van der Waals surface area contributed by atoms with E-state index in [-0.39, 0.29) is 10.5 Å². The standard InChI is InChI=1S/C11H14N2O6S/c1-6-2-3-7(4-8(6)11(16)17)20(18,19)13-5-9(14)10(12)15/h2-4,9,13-14H,5H2,1H3,(H2,12,15)(H,16,17). The van der Waals surface area contributed by atoms with Gasteiger partial charge in [-0.3, -0.25) is 4.79 Å². The van der Waals surface area contributed by atoms with Crippen LogP contribution in [-0.2, 0) is 14.8 Å². The smallest absolute Gasteiger partial charge is 0.335 e. The van der Waals surface area contributed by atoms with Gasteiger partial charge in [-0.25, -0.2) is 17.9 Å². The van der Waals surface area contributed by atoms with Crippen molar-refractivity contribution in [3.8, 4) is 0 Å². The molecule has 1 rings (SSSR count). The minimum absolute atomic E-state index is 0.150. The van der Waals surface area contributed by atoms with Gasteiger partial charge in [0.1, 0.15) is 6.10 Å². The fraction of sp³-hybridized carbons (Fsp3) is 0.273. The Labute approximate surface area is 115 Å². The molecule has 0 aliphatic carbocycles. The zero-order valence-corrected chi connectivity index (χ0v) is 11.3. The second kappa shape index (κ2) is 5.99. The van der Waals surface area contributed by atoms with E-state index in [1.807, 2.05) is 4.72 Å². The quantitative estimate of drug-likeness (QED) is 0.520. The Balaban J connectivity index is 3.01. The van der Waals surface area contributed by atoms with Crippen LogP contribution >= 0.6 is 0 Å². The van der Waals surface area contributed by atoms with Gasteiger partial charge in [0.05, 0.1) is 10.5 Å². The minimum atomic E-state index is -4.04. The van der Waals surface area contributed by atoms with Crippen LogP contribution in [0.3, 0.4) is 0 Å². The van der Waals surface area contributed by atoms with Crippen molar-refractivity contribution in [1.82, 2.24) is 4.72 Å². The molecule has 9 heteroatoms. The molecule has 20 heavy (non-hydrogen) atoms. The predicted molar refractivity (Wildman–Crippen MR) is 68.5 cm³/mol. The molecular weight excluding hydrogens is 288 g/mol. The average Bonchev–Trinajstić information content (AvgIpc) is 2.35. The third-order valence-electron chi connectivity index (χ3n) is 2.54. The lowest BCUT2D eigenvalue weighted by atomic mass is 10.1. The number of carbonyl (C=O) groups excluding carboxylic acids is 1. The van der Waals surface area contributed by atoms with Gasteiger partial charge in [-0.05, 0) is 24.6 Å². The van der Waals surface area contributed by atoms with Crippen molar-refractivity contribution in [3.05, 3.63) is 29.3 Å². The van der Waals surface area contributed by atoms with E-state index in [4.69, 9.17) is 15.9 Å². The number of carbonyl (C=O) groups is 2. The first kappa shape index (κ1) is 16.1. The molecule has 110 valence electrons. The van der Waals surface area contributed by atoms with Gasteiger partial charge in [0.15, 0.2) is 0 Å². The second-order valence-corrected chi connectivity index (χ2v) is 5.82. The van der Waals surface area contributed by atoms with E-state index in [0.717, 1.165) is 6.07 Å². The molecule has 0 spiro atoms. The summed E-state index contributed by atoms with van der Waals surface area (Å²) in [6.07, 6.45) is -1.66. The highest BCUT2D eigenvalue weighted by molar-refractivity contribution is 7.89. The van der Waals surface area contributed by atoms with E-state index >= 15 is 0 Å². The lowest BCUT2D eigenvalue weighted by molar-refractivity contribution is -0.125. The fourth-order valence-electron chi connectivity index (χ4n) is 1.37. The van der Waals surface area contributed by atoms with Gasteiger partial charge in [0.25, 0.3) is 0 Å². The van der Waals surface area contributed by atoms with Crippen LogP contribution in [0.1, 0.15) is 15.9 Å². The number of benzene rings is 1. The Morgan fingerprint density at radius 2 is 2.00 bits per heavy atom. The van der Waals surface area contributed by atoms with Crippen LogP contribution in [0, 0.1) is 6.92 Å². The first-order chi connectivity index (χ1) is 9.15. The molecule has 0 aliphatic heterocycles. The lowest BCUT2D eigenvalue weighted by Crippen LogP contribution is -2.39. The van der Waals surface area contributed by atoms with Crippen LogP contribution in [0.5, 0.6) is 0 Å². The molecule has 5 N–H and O–H groups in total. The summed E-state index contributed by atoms with van der Waals surface area (Å²) in [6, 6.07) is 3.57. The van der Waals surface area contributed by atoms with Gasteiger partial charge in [-0.15, -0.1) is 0 Å². The van der Waals surface area contributed by atoms with Crippen molar-refractivity contribution in [1.29, 1.82) is 0 Å². The van der Waals surface area contributed by atoms with E-state index in [0.29, 0.717) is 5.56 Å². The topological polar surface area (TPSA) is 147 Å². The van der Waals surface area contributed by atoms with Crippen LogP contribution < -0.4 is 10.5 Å². The number of carboxylic acid groups (broad SMARTS) is 1. The Hall–Kier alpha value is -1.97. The molecule has 0 aliphatic rings. The number of amides is 1. The van der Waals surface area contributed by atoms with Gasteiger partial charge in [-0.2, -0.15) is 0 Å². The summed E-state index contributed by atoms with van der Waals surface area (Å²) in [4.78, 5) is 21.3. The van der Waals surface area contributed by atoms with E-state index in [9.17, 15) is 18.0 Å². The van der Waals surface area contributed by atoms with Gasteiger partial charge in [-0.1, -0.05) is 6.07 Å². The molecular formula is C11H14N2O6S. The van der Waals surface area contributed by atoms with Crippen molar-refractivity contribution in [2.75, 3.05) is 6.54 Å². The molecule has 0 heterocycles. The van der Waals surface area contributed by atoms with E-state index in [1.54, 1.807) is 0 Å². The van der Waals surface area contributed by atoms with Crippen LogP contribution in [0.25, 0.3) is 0 Å². The van der Waals surface area contributed by atoms with Gasteiger partial charge < -0.3 is 15.9 Å². The number of sulfonamides is 1. The van der Waals surface area contributed by atoms with Crippen LogP contribution in [-0.4, -0.2) is 43.2 Å². The number of hydrogen-bond acceptors (Lipinski definition) is 5. The number of aliphatic hydroxyl groups excluding tert-OH is 1. The molecule has 0 bridgehead atoms. The summed E-state index contributed by atoms with van der Waals surface area (Å²) < 4.78 is 25.7. The number of nitrogens with one attached hydrogen (secondary N) is 1. The van der Waals surface area contributed by atoms with Crippen LogP contribution in [0.15, 0.2) is 23.1 Å². The summed E-state index contributed by atoms with van der Waals surface area (Å²) >= 11 is 0. The predicted octanol–water partition coefficient (Wildman–Crippen LogP) is -1.18. The van der Waals surface area contributed by atoms with Crippen molar-refractivity contribution >= 4 is 21.9 Å². The molecule has 1 atom stereocenters. The molecule has 0 fully saturated rings. The first-order valence-corrected chi connectivity index (χ1v) is 6.94. The fourth-order valence-corrected chi connectivity index (χ4v) is 2.44. The second-order valence-electron chi connectivity index (χ2n) is 4.05. The zero-order chi connectivity index (χ0) is 15.5.